The molecule has 18 nitrogen and oxygen atoms in total. The number of aliphatic hydroxyl groups excluding tert-OH is 11. The van der Waals surface area contributed by atoms with Crippen LogP contribution in [-0.4, -0.2) is 174 Å². The van der Waals surface area contributed by atoms with Crippen LogP contribution in [0.5, 0.6) is 0 Å². The summed E-state index contributed by atoms with van der Waals surface area (Å²) in [5.41, 5.74) is 4.96. The summed E-state index contributed by atoms with van der Waals surface area (Å²) in [6, 6.07) is 0. The highest BCUT2D eigenvalue weighted by Crippen LogP contribution is 2.26. The maximum atomic E-state index is 12.0. The Morgan fingerprint density at radius 3 is 1.77 bits per heavy atom. The molecule has 39 heavy (non-hydrogen) atoms. The Bertz CT molecular complexity index is 802. The van der Waals surface area contributed by atoms with Crippen LogP contribution in [0.4, 0.5) is 0 Å². The molecule has 1 unspecified atom stereocenters. The van der Waals surface area contributed by atoms with Gasteiger partial charge < -0.3 is 80.9 Å². The smallest absolute Gasteiger partial charge is 0.227 e. The van der Waals surface area contributed by atoms with E-state index in [4.69, 9.17) is 24.7 Å². The molecule has 13 N–H and O–H groups in total. The van der Waals surface area contributed by atoms with Crippen LogP contribution < -0.4 is 5.73 Å². The van der Waals surface area contributed by atoms with Gasteiger partial charge in [0.2, 0.25) is 5.91 Å². The minimum Gasteiger partial charge on any atom is -0.394 e. The van der Waals surface area contributed by atoms with Crippen molar-refractivity contribution < 1.29 is 84.7 Å². The third kappa shape index (κ3) is 7.85. The van der Waals surface area contributed by atoms with Gasteiger partial charge in [-0.1, -0.05) is 0 Å². The second kappa shape index (κ2) is 14.4. The second-order valence-electron chi connectivity index (χ2n) is 9.40. The minimum absolute atomic E-state index is 0.649. The van der Waals surface area contributed by atoms with Crippen LogP contribution in [0.2, 0.25) is 0 Å². The fourth-order valence-corrected chi connectivity index (χ4v) is 3.86. The second-order valence-corrected chi connectivity index (χ2v) is 9.40. The Kier molecular flexibility index (Phi) is 12.5. The van der Waals surface area contributed by atoms with E-state index in [9.17, 15) is 65.8 Å². The molecule has 15 atom stereocenters. The van der Waals surface area contributed by atoms with Gasteiger partial charge >= 0.3 is 0 Å². The van der Waals surface area contributed by atoms with Gasteiger partial charge in [0.05, 0.1) is 25.7 Å². The molecule has 228 valence electrons. The average molecular weight is 576 g/mol. The molecule has 0 bridgehead atoms. The average Bonchev–Trinajstić information content (AvgIpc) is 2.92. The van der Waals surface area contributed by atoms with Gasteiger partial charge in [-0.2, -0.15) is 0 Å². The first-order valence-electron chi connectivity index (χ1n) is 11.9. The molecule has 0 radical (unpaired) electrons. The van der Waals surface area contributed by atoms with Gasteiger partial charge in [0.25, 0.3) is 0 Å². The van der Waals surface area contributed by atoms with Crippen LogP contribution in [0.25, 0.3) is 0 Å². The fourth-order valence-electron chi connectivity index (χ4n) is 3.86. The molecule has 2 aliphatic heterocycles. The fraction of sp³-hybridized carbons (Fsp3) is 0.905. The van der Waals surface area contributed by atoms with Crippen LogP contribution in [0, 0.1) is 5.92 Å². The van der Waals surface area contributed by atoms with E-state index in [2.05, 4.69) is 0 Å². The molecule has 2 heterocycles. The van der Waals surface area contributed by atoms with Crippen molar-refractivity contribution in [2.45, 2.75) is 92.8 Å². The number of ether oxygens (including phenoxy) is 4. The van der Waals surface area contributed by atoms with Crippen LogP contribution >= 0.6 is 0 Å². The van der Waals surface area contributed by atoms with Gasteiger partial charge in [0, 0.05) is 0 Å². The van der Waals surface area contributed by atoms with Crippen molar-refractivity contribution in [3.63, 3.8) is 0 Å². The van der Waals surface area contributed by atoms with Gasteiger partial charge in [0.1, 0.15) is 73.2 Å². The third-order valence-corrected chi connectivity index (χ3v) is 6.59. The number of carbonyl (C=O) groups is 2. The number of hydrogen-bond donors (Lipinski definition) is 12. The molecule has 2 fully saturated rings. The van der Waals surface area contributed by atoms with E-state index in [0.717, 1.165) is 6.92 Å². The molecule has 2 saturated heterocycles. The Hall–Kier alpha value is -1.46. The van der Waals surface area contributed by atoms with E-state index in [1.807, 2.05) is 0 Å². The lowest BCUT2D eigenvalue weighted by atomic mass is 9.93. The molecule has 2 rings (SSSR count). The number of aliphatic hydroxyl groups is 11. The van der Waals surface area contributed by atoms with Gasteiger partial charge in [0.15, 0.2) is 18.4 Å². The molecule has 0 saturated carbocycles. The molecular weight excluding hydrogens is 538 g/mol. The SMILES string of the molecule is CC(C(N)=O)C(=O)[C@H](O)[C@@H](O)[C@H](O)[C@H](O)CO[C@H]1O[C@H](CO[C@H]2O[C@H](CO)[C@@H](O)[C@H](O)[C@H]2O)[C@@H](O)[C@H](O)[C@H]1O. The van der Waals surface area contributed by atoms with Crippen molar-refractivity contribution in [3.8, 4) is 0 Å². The molecule has 18 heteroatoms. The maximum absolute atomic E-state index is 12.0. The number of Topliss-reactive ketones (excluding diaryl/α,β-unsaturated/α-hetero) is 1. The highest BCUT2D eigenvalue weighted by molar-refractivity contribution is 6.02. The number of primary amides is 1. The largest absolute Gasteiger partial charge is 0.394 e. The first-order valence-corrected chi connectivity index (χ1v) is 11.9. The van der Waals surface area contributed by atoms with Crippen LogP contribution in [0.3, 0.4) is 0 Å². The normalized spacial score (nSPS) is 39.4. The quantitative estimate of drug-likeness (QED) is 0.0907. The predicted octanol–water partition coefficient (Wildman–Crippen LogP) is -8.24. The van der Waals surface area contributed by atoms with E-state index in [1.54, 1.807) is 0 Å². The lowest BCUT2D eigenvalue weighted by molar-refractivity contribution is -0.333. The van der Waals surface area contributed by atoms with Crippen molar-refractivity contribution in [1.82, 2.24) is 0 Å². The summed E-state index contributed by atoms with van der Waals surface area (Å²) in [5.74, 6) is -3.82. The van der Waals surface area contributed by atoms with Crippen LogP contribution in [0.1, 0.15) is 6.92 Å². The number of amides is 1. The summed E-state index contributed by atoms with van der Waals surface area (Å²) in [6.45, 7) is -1.22. The van der Waals surface area contributed by atoms with Crippen molar-refractivity contribution in [3.05, 3.63) is 0 Å². The van der Waals surface area contributed by atoms with Gasteiger partial charge in [-0.05, 0) is 6.92 Å². The van der Waals surface area contributed by atoms with Crippen molar-refractivity contribution in [2.75, 3.05) is 19.8 Å². The molecule has 0 aliphatic carbocycles. The first-order chi connectivity index (χ1) is 18.1. The van der Waals surface area contributed by atoms with Crippen molar-refractivity contribution in [1.29, 1.82) is 0 Å². The van der Waals surface area contributed by atoms with Gasteiger partial charge in [-0.3, -0.25) is 9.59 Å². The van der Waals surface area contributed by atoms with Crippen molar-refractivity contribution in [2.24, 2.45) is 11.7 Å². The topological polar surface area (TPSA) is 320 Å². The third-order valence-electron chi connectivity index (χ3n) is 6.59. The molecule has 0 aromatic heterocycles. The zero-order chi connectivity index (χ0) is 29.8. The van der Waals surface area contributed by atoms with Crippen molar-refractivity contribution >= 4 is 11.7 Å². The number of hydrogen-bond acceptors (Lipinski definition) is 17. The molecule has 0 aromatic rings. The highest BCUT2D eigenvalue weighted by atomic mass is 16.7. The highest BCUT2D eigenvalue weighted by Gasteiger charge is 2.48. The Labute approximate surface area is 221 Å². The number of carbonyl (C=O) groups excluding carboxylic acids is 2. The Balaban J connectivity index is 1.96. The predicted molar refractivity (Wildman–Crippen MR) is 120 cm³/mol. The first kappa shape index (κ1) is 33.7. The maximum Gasteiger partial charge on any atom is 0.227 e. The van der Waals surface area contributed by atoms with E-state index < -0.39 is 123 Å². The number of rotatable bonds is 13. The minimum atomic E-state index is -2.30. The molecule has 0 aromatic carbocycles. The monoisotopic (exact) mass is 575 g/mol. The summed E-state index contributed by atoms with van der Waals surface area (Å²) in [5, 5.41) is 110. The summed E-state index contributed by atoms with van der Waals surface area (Å²) in [6.07, 6.45) is -25.7. The lowest BCUT2D eigenvalue weighted by Crippen LogP contribution is -2.62. The lowest BCUT2D eigenvalue weighted by Gasteiger charge is -2.42. The van der Waals surface area contributed by atoms with Crippen LogP contribution in [0.15, 0.2) is 0 Å². The van der Waals surface area contributed by atoms with Gasteiger partial charge in [-0.15, -0.1) is 0 Å². The summed E-state index contributed by atoms with van der Waals surface area (Å²) < 4.78 is 20.9. The molecule has 2 aliphatic rings. The number of nitrogens with two attached hydrogens (primary N) is 1. The zero-order valence-corrected chi connectivity index (χ0v) is 20.7. The summed E-state index contributed by atoms with van der Waals surface area (Å²) >= 11 is 0. The van der Waals surface area contributed by atoms with Gasteiger partial charge in [-0.25, -0.2) is 0 Å². The summed E-state index contributed by atoms with van der Waals surface area (Å²) in [4.78, 5) is 23.1. The van der Waals surface area contributed by atoms with Crippen LogP contribution in [-0.2, 0) is 28.5 Å². The number of ketones is 1. The zero-order valence-electron chi connectivity index (χ0n) is 20.7. The standard InChI is InChI=1S/C21H37NO17/c1-5(19(22)35)9(25)13(29)14(30)10(26)6(24)3-36-20-18(34)16(32)12(28)8(39-20)4-37-21-17(33)15(31)11(27)7(2-23)38-21/h5-8,10-18,20-21,23-24,26-34H,2-4H2,1H3,(H2,22,35)/t5?,6-,7-,8-,10-,11-,12-,13+,14+,15+,16+,17-,18-,20+,21+/m1/s1. The molecular formula is C21H37NO17. The van der Waals surface area contributed by atoms with E-state index in [0.29, 0.717) is 0 Å². The molecule has 0 spiro atoms. The Morgan fingerprint density at radius 2 is 1.26 bits per heavy atom. The Morgan fingerprint density at radius 1 is 0.769 bits per heavy atom. The van der Waals surface area contributed by atoms with E-state index in [1.165, 1.54) is 0 Å². The molecule has 1 amide bonds. The summed E-state index contributed by atoms with van der Waals surface area (Å²) in [7, 11) is 0. The van der Waals surface area contributed by atoms with E-state index >= 15 is 0 Å². The van der Waals surface area contributed by atoms with E-state index in [-0.39, 0.29) is 0 Å².